The van der Waals surface area contributed by atoms with Crippen LogP contribution >= 0.6 is 0 Å². The molecule has 9 nitrogen and oxygen atoms in total. The second-order valence-corrected chi connectivity index (χ2v) is 8.61. The van der Waals surface area contributed by atoms with Crippen molar-refractivity contribution in [2.24, 2.45) is 5.73 Å². The lowest BCUT2D eigenvalue weighted by Gasteiger charge is -2.36. The molecule has 0 aliphatic carbocycles. The maximum absolute atomic E-state index is 15.1. The molecule has 1 unspecified atom stereocenters. The van der Waals surface area contributed by atoms with E-state index in [1.165, 1.54) is 12.1 Å². The number of pyridine rings is 1. The van der Waals surface area contributed by atoms with Crippen LogP contribution < -0.4 is 21.7 Å². The third kappa shape index (κ3) is 5.03. The molecule has 0 radical (unpaired) electrons. The molecule has 5 rings (SSSR count). The first-order valence-corrected chi connectivity index (χ1v) is 11.8. The lowest BCUT2D eigenvalue weighted by Crippen LogP contribution is -2.52. The van der Waals surface area contributed by atoms with Crippen LogP contribution in [0.3, 0.4) is 0 Å². The summed E-state index contributed by atoms with van der Waals surface area (Å²) in [6, 6.07) is 13.6. The Hall–Kier alpha value is -4.25. The Labute approximate surface area is 213 Å². The van der Waals surface area contributed by atoms with Gasteiger partial charge in [0, 0.05) is 42.5 Å². The largest absolute Gasteiger partial charge is 0.365 e. The summed E-state index contributed by atoms with van der Waals surface area (Å²) in [5.74, 6) is -0.509. The van der Waals surface area contributed by atoms with E-state index in [2.05, 4.69) is 37.5 Å². The molecule has 1 atom stereocenters. The number of benzene rings is 2. The zero-order valence-corrected chi connectivity index (χ0v) is 20.0. The van der Waals surface area contributed by atoms with Crippen LogP contribution in [0.2, 0.25) is 0 Å². The topological polar surface area (TPSA) is 127 Å². The van der Waals surface area contributed by atoms with Crippen molar-refractivity contribution < 1.29 is 13.9 Å². The zero-order chi connectivity index (χ0) is 25.8. The molecule has 3 heterocycles. The van der Waals surface area contributed by atoms with Crippen LogP contribution in [-0.4, -0.2) is 47.1 Å². The molecular weight excluding hydrogens is 473 g/mol. The minimum atomic E-state index is -0.664. The van der Waals surface area contributed by atoms with Gasteiger partial charge in [0.25, 0.3) is 0 Å². The number of nitrogens with one attached hydrogen (secondary N) is 3. The Morgan fingerprint density at radius 1 is 1.19 bits per heavy atom. The predicted octanol–water partition coefficient (Wildman–Crippen LogP) is 3.47. The Morgan fingerprint density at radius 3 is 2.81 bits per heavy atom. The molecule has 1 aliphatic heterocycles. The average molecular weight is 500 g/mol. The van der Waals surface area contributed by atoms with E-state index in [4.69, 9.17) is 10.5 Å². The summed E-state index contributed by atoms with van der Waals surface area (Å²) in [4.78, 5) is 25.3. The van der Waals surface area contributed by atoms with Crippen molar-refractivity contribution in [2.75, 3.05) is 36.9 Å². The normalized spacial score (nSPS) is 17.4. The van der Waals surface area contributed by atoms with Crippen LogP contribution in [0.15, 0.2) is 73.6 Å². The molecule has 0 bridgehead atoms. The number of ether oxygens (including phenoxy) is 1. The number of anilines is 3. The van der Waals surface area contributed by atoms with Gasteiger partial charge in [-0.05, 0) is 48.0 Å². The lowest BCUT2D eigenvalue weighted by molar-refractivity contribution is -0.111. The highest BCUT2D eigenvalue weighted by atomic mass is 19.1. The number of aromatic nitrogens is 3. The van der Waals surface area contributed by atoms with E-state index in [0.717, 1.165) is 12.2 Å². The third-order valence-electron chi connectivity index (χ3n) is 6.19. The Bertz CT molecular complexity index is 1450. The summed E-state index contributed by atoms with van der Waals surface area (Å²) in [7, 11) is 0. The Kier molecular flexibility index (Phi) is 6.87. The van der Waals surface area contributed by atoms with Gasteiger partial charge in [-0.2, -0.15) is 0 Å². The second kappa shape index (κ2) is 10.4. The number of carbonyl (C=O) groups is 1. The van der Waals surface area contributed by atoms with Crippen LogP contribution in [0.25, 0.3) is 22.0 Å². The fourth-order valence-corrected chi connectivity index (χ4v) is 4.28. The molecule has 4 aromatic rings. The number of amides is 1. The van der Waals surface area contributed by atoms with Gasteiger partial charge >= 0.3 is 0 Å². The standard InChI is InChI=1S/C27H26FN7O2/c1-2-23(36)33-19-5-3-4-17(12-19)24-21(28)8-6-18-13-32-26(35-25(18)24)34-20-7-9-22(31-14-20)27(15-29)16-30-10-11-37-27/h2-9,12-14,30H,1,10-11,15-16,29H2,(H,33,36)(H,32,34,35). The van der Waals surface area contributed by atoms with Crippen LogP contribution in [-0.2, 0) is 15.1 Å². The first-order valence-electron chi connectivity index (χ1n) is 11.8. The number of hydrogen-bond acceptors (Lipinski definition) is 8. The van der Waals surface area contributed by atoms with Gasteiger partial charge in [-0.3, -0.25) is 9.78 Å². The molecule has 5 N–H and O–H groups in total. The van der Waals surface area contributed by atoms with Crippen LogP contribution in [0.4, 0.5) is 21.7 Å². The fourth-order valence-electron chi connectivity index (χ4n) is 4.28. The maximum Gasteiger partial charge on any atom is 0.247 e. The van der Waals surface area contributed by atoms with Gasteiger partial charge in [-0.1, -0.05) is 18.7 Å². The molecule has 2 aromatic heterocycles. The lowest BCUT2D eigenvalue weighted by atomic mass is 9.97. The van der Waals surface area contributed by atoms with E-state index in [1.54, 1.807) is 42.7 Å². The number of hydrogen-bond donors (Lipinski definition) is 4. The first kappa shape index (κ1) is 24.4. The molecule has 2 aromatic carbocycles. The number of nitrogens with two attached hydrogens (primary N) is 1. The smallest absolute Gasteiger partial charge is 0.247 e. The molecule has 188 valence electrons. The SMILES string of the molecule is C=CC(=O)Nc1cccc(-c2c(F)ccc3cnc(Nc4ccc(C5(CN)CNCCO5)nc4)nc23)c1. The molecule has 10 heteroatoms. The molecule has 1 saturated heterocycles. The molecule has 1 fully saturated rings. The summed E-state index contributed by atoms with van der Waals surface area (Å²) >= 11 is 0. The van der Waals surface area contributed by atoms with Gasteiger partial charge < -0.3 is 26.4 Å². The van der Waals surface area contributed by atoms with Gasteiger partial charge in [0.15, 0.2) is 0 Å². The predicted molar refractivity (Wildman–Crippen MR) is 141 cm³/mol. The highest BCUT2D eigenvalue weighted by Gasteiger charge is 2.35. The molecule has 0 saturated carbocycles. The van der Waals surface area contributed by atoms with E-state index in [1.807, 2.05) is 12.1 Å². The number of fused-ring (bicyclic) bond motifs is 1. The van der Waals surface area contributed by atoms with Gasteiger partial charge in [-0.25, -0.2) is 14.4 Å². The van der Waals surface area contributed by atoms with Gasteiger partial charge in [0.05, 0.1) is 29.7 Å². The zero-order valence-electron chi connectivity index (χ0n) is 20.0. The molecule has 1 amide bonds. The van der Waals surface area contributed by atoms with E-state index in [9.17, 15) is 4.79 Å². The minimum absolute atomic E-state index is 0.286. The summed E-state index contributed by atoms with van der Waals surface area (Å²) in [5, 5.41) is 9.80. The van der Waals surface area contributed by atoms with Crippen molar-refractivity contribution in [3.05, 3.63) is 85.1 Å². The number of morpholine rings is 1. The van der Waals surface area contributed by atoms with Crippen molar-refractivity contribution in [2.45, 2.75) is 5.60 Å². The van der Waals surface area contributed by atoms with E-state index >= 15 is 4.39 Å². The van der Waals surface area contributed by atoms with Crippen molar-refractivity contribution in [1.82, 2.24) is 20.3 Å². The van der Waals surface area contributed by atoms with Crippen LogP contribution in [0.5, 0.6) is 0 Å². The van der Waals surface area contributed by atoms with Crippen LogP contribution in [0, 0.1) is 5.82 Å². The average Bonchev–Trinajstić information content (AvgIpc) is 2.93. The van der Waals surface area contributed by atoms with E-state index < -0.39 is 11.4 Å². The van der Waals surface area contributed by atoms with Crippen molar-refractivity contribution in [3.63, 3.8) is 0 Å². The maximum atomic E-state index is 15.1. The number of rotatable bonds is 7. The number of nitrogens with zero attached hydrogens (tertiary/aromatic N) is 3. The molecular formula is C27H26FN7O2. The summed E-state index contributed by atoms with van der Waals surface area (Å²) in [6.07, 6.45) is 4.47. The number of carbonyl (C=O) groups excluding carboxylic acids is 1. The minimum Gasteiger partial charge on any atom is -0.365 e. The van der Waals surface area contributed by atoms with Gasteiger partial charge in [-0.15, -0.1) is 0 Å². The molecule has 0 spiro atoms. The van der Waals surface area contributed by atoms with Crippen molar-refractivity contribution >= 4 is 34.1 Å². The highest BCUT2D eigenvalue weighted by molar-refractivity contribution is 6.00. The van der Waals surface area contributed by atoms with Crippen molar-refractivity contribution in [1.29, 1.82) is 0 Å². The van der Waals surface area contributed by atoms with Crippen molar-refractivity contribution in [3.8, 4) is 11.1 Å². The quantitative estimate of drug-likeness (QED) is 0.285. The molecule has 1 aliphatic rings. The third-order valence-corrected chi connectivity index (χ3v) is 6.19. The Morgan fingerprint density at radius 2 is 2.08 bits per heavy atom. The highest BCUT2D eigenvalue weighted by Crippen LogP contribution is 2.32. The fraction of sp³-hybridized carbons (Fsp3) is 0.185. The molecule has 37 heavy (non-hydrogen) atoms. The van der Waals surface area contributed by atoms with E-state index in [-0.39, 0.29) is 11.9 Å². The monoisotopic (exact) mass is 499 g/mol. The number of halogens is 1. The van der Waals surface area contributed by atoms with E-state index in [0.29, 0.717) is 53.1 Å². The van der Waals surface area contributed by atoms with Gasteiger partial charge in [0.2, 0.25) is 11.9 Å². The van der Waals surface area contributed by atoms with Gasteiger partial charge in [0.1, 0.15) is 11.4 Å². The summed E-state index contributed by atoms with van der Waals surface area (Å²) < 4.78 is 21.0. The second-order valence-electron chi connectivity index (χ2n) is 8.61. The summed E-state index contributed by atoms with van der Waals surface area (Å²) in [5.41, 5.74) is 8.55. The Balaban J connectivity index is 1.46. The van der Waals surface area contributed by atoms with Crippen LogP contribution in [0.1, 0.15) is 5.69 Å². The first-order chi connectivity index (χ1) is 18.0. The summed E-state index contributed by atoms with van der Waals surface area (Å²) in [6.45, 7) is 5.69.